The predicted molar refractivity (Wildman–Crippen MR) is 125 cm³/mol. The van der Waals surface area contributed by atoms with Crippen LogP contribution in [0.3, 0.4) is 0 Å². The van der Waals surface area contributed by atoms with Gasteiger partial charge in [-0.2, -0.15) is 0 Å². The van der Waals surface area contributed by atoms with E-state index in [0.717, 1.165) is 17.9 Å². The van der Waals surface area contributed by atoms with Gasteiger partial charge in [0.05, 0.1) is 6.54 Å². The van der Waals surface area contributed by atoms with Gasteiger partial charge in [-0.3, -0.25) is 0 Å². The van der Waals surface area contributed by atoms with Crippen LogP contribution in [0.1, 0.15) is 18.2 Å². The Morgan fingerprint density at radius 3 is 2.34 bits per heavy atom. The molecule has 3 aromatic rings. The molecule has 0 saturated heterocycles. The molecule has 0 aliphatic rings. The molecular formula is C25H29FeNO4S. The molecule has 0 unspecified atom stereocenters. The van der Waals surface area contributed by atoms with Crippen molar-refractivity contribution in [2.75, 3.05) is 19.5 Å². The maximum absolute atomic E-state index is 11.3. The van der Waals surface area contributed by atoms with Crippen LogP contribution in [-0.4, -0.2) is 41.2 Å². The molecule has 172 valence electrons. The Kier molecular flexibility index (Phi) is 10.4. The zero-order valence-electron chi connectivity index (χ0n) is 18.6. The summed E-state index contributed by atoms with van der Waals surface area (Å²) in [5.74, 6) is -0.175. The number of carbonyl (C=O) groups is 1. The summed E-state index contributed by atoms with van der Waals surface area (Å²) in [4.78, 5) is 12.5. The Balaban J connectivity index is 0.00000363. The molecule has 1 atom stereocenters. The number of hydrogen-bond acceptors (Lipinski definition) is 4. The molecule has 1 N–H and O–H groups in total. The first kappa shape index (κ1) is 26.1. The van der Waals surface area contributed by atoms with Crippen LogP contribution in [-0.2, 0) is 39.6 Å². The van der Waals surface area contributed by atoms with Crippen LogP contribution in [0.2, 0.25) is 0 Å². The van der Waals surface area contributed by atoms with Gasteiger partial charge in [0.25, 0.3) is 0 Å². The molecule has 0 fully saturated rings. The van der Waals surface area contributed by atoms with Crippen LogP contribution in [0, 0.1) is 6.92 Å². The van der Waals surface area contributed by atoms with Gasteiger partial charge in [-0.25, -0.2) is 4.79 Å². The summed E-state index contributed by atoms with van der Waals surface area (Å²) in [6.45, 7) is 5.56. The van der Waals surface area contributed by atoms with Crippen molar-refractivity contribution in [3.8, 4) is 17.0 Å². The van der Waals surface area contributed by atoms with Crippen molar-refractivity contribution >= 4 is 17.7 Å². The molecule has 7 heteroatoms. The van der Waals surface area contributed by atoms with Crippen LogP contribution in [0.5, 0.6) is 5.75 Å². The quantitative estimate of drug-likeness (QED) is 0.289. The van der Waals surface area contributed by atoms with E-state index < -0.39 is 12.1 Å². The molecule has 0 radical (unpaired) electrons. The average molecular weight is 495 g/mol. The molecular weight excluding hydrogens is 466 g/mol. The molecule has 5 nitrogen and oxygen atoms in total. The van der Waals surface area contributed by atoms with E-state index in [1.54, 1.807) is 18.7 Å². The van der Waals surface area contributed by atoms with Crippen LogP contribution in [0.4, 0.5) is 0 Å². The monoisotopic (exact) mass is 495 g/mol. The molecule has 0 aliphatic heterocycles. The fourth-order valence-electron chi connectivity index (χ4n) is 3.49. The summed E-state index contributed by atoms with van der Waals surface area (Å²) >= 11 is 1.74. The Morgan fingerprint density at radius 1 is 1.06 bits per heavy atom. The Labute approximate surface area is 204 Å². The van der Waals surface area contributed by atoms with Crippen molar-refractivity contribution in [1.82, 2.24) is 4.57 Å². The van der Waals surface area contributed by atoms with Crippen LogP contribution < -0.4 is 4.74 Å². The predicted octanol–water partition coefficient (Wildman–Crippen LogP) is 5.29. The van der Waals surface area contributed by atoms with E-state index in [4.69, 9.17) is 9.47 Å². The number of aromatic nitrogens is 1. The largest absolute Gasteiger partial charge is 0.492 e. The number of benzene rings is 2. The van der Waals surface area contributed by atoms with Crippen molar-refractivity contribution in [2.45, 2.75) is 37.8 Å². The van der Waals surface area contributed by atoms with Crippen molar-refractivity contribution in [3.05, 3.63) is 71.9 Å². The third-order valence-electron chi connectivity index (χ3n) is 5.16. The smallest absolute Gasteiger partial charge is 0.333 e. The minimum Gasteiger partial charge on any atom is -0.492 e. The summed E-state index contributed by atoms with van der Waals surface area (Å²) < 4.78 is 13.5. The summed E-state index contributed by atoms with van der Waals surface area (Å²) in [7, 11) is 0. The normalized spacial score (nSPS) is 11.6. The van der Waals surface area contributed by atoms with Gasteiger partial charge in [0.15, 0.2) is 6.10 Å². The molecule has 0 aliphatic carbocycles. The third kappa shape index (κ3) is 6.91. The van der Waals surface area contributed by atoms with E-state index in [1.165, 1.54) is 21.8 Å². The topological polar surface area (TPSA) is 60.7 Å². The Hall–Kier alpha value is -2.18. The van der Waals surface area contributed by atoms with E-state index in [-0.39, 0.29) is 17.1 Å². The third-order valence-corrected chi connectivity index (χ3v) is 5.90. The second kappa shape index (κ2) is 12.8. The van der Waals surface area contributed by atoms with Crippen LogP contribution in [0.15, 0.2) is 65.6 Å². The number of aliphatic carboxylic acids is 1. The number of carboxylic acids is 1. The molecule has 0 spiro atoms. The van der Waals surface area contributed by atoms with Crippen LogP contribution >= 0.6 is 11.8 Å². The summed E-state index contributed by atoms with van der Waals surface area (Å²) in [6.07, 6.45) is 1.59. The molecule has 0 bridgehead atoms. The zero-order valence-corrected chi connectivity index (χ0v) is 20.5. The summed E-state index contributed by atoms with van der Waals surface area (Å²) in [5.41, 5.74) is 4.47. The second-order valence-electron chi connectivity index (χ2n) is 7.22. The number of hydrogen-bond donors (Lipinski definition) is 1. The number of thioether (sulfide) groups is 1. The van der Waals surface area contributed by atoms with Crippen molar-refractivity contribution in [3.63, 3.8) is 0 Å². The molecule has 1 heterocycles. The number of ether oxygens (including phenoxy) is 2. The van der Waals surface area contributed by atoms with Gasteiger partial charge in [-0.05, 0) is 67.6 Å². The summed E-state index contributed by atoms with van der Waals surface area (Å²) in [5, 5.41) is 9.23. The Bertz CT molecular complexity index is 986. The van der Waals surface area contributed by atoms with Gasteiger partial charge < -0.3 is 19.1 Å². The first-order valence-corrected chi connectivity index (χ1v) is 11.6. The fourth-order valence-corrected chi connectivity index (χ4v) is 3.90. The van der Waals surface area contributed by atoms with Gasteiger partial charge >= 0.3 is 5.97 Å². The first-order chi connectivity index (χ1) is 15.0. The van der Waals surface area contributed by atoms with Crippen LogP contribution in [0.25, 0.3) is 11.3 Å². The number of aryl methyl sites for hydroxylation is 1. The SMILES string of the molecule is CCO[C@@H](Cc1ccc(OCCn2c(C)ccc2-c2ccc(SC)cc2)cc1)C(=O)O.[Fe]. The molecule has 2 aromatic carbocycles. The fraction of sp³-hybridized carbons (Fsp3) is 0.320. The van der Waals surface area contributed by atoms with Crippen molar-refractivity contribution in [2.24, 2.45) is 0 Å². The van der Waals surface area contributed by atoms with Crippen molar-refractivity contribution in [1.29, 1.82) is 0 Å². The van der Waals surface area contributed by atoms with Gasteiger partial charge in [-0.1, -0.05) is 24.3 Å². The first-order valence-electron chi connectivity index (χ1n) is 10.4. The van der Waals surface area contributed by atoms with Gasteiger partial charge in [0.2, 0.25) is 0 Å². The van der Waals surface area contributed by atoms with Gasteiger partial charge in [0.1, 0.15) is 12.4 Å². The number of carboxylic acid groups (broad SMARTS) is 1. The van der Waals surface area contributed by atoms with E-state index in [1.807, 2.05) is 24.3 Å². The van der Waals surface area contributed by atoms with E-state index >= 15 is 0 Å². The Morgan fingerprint density at radius 2 is 1.75 bits per heavy atom. The number of nitrogens with zero attached hydrogens (tertiary/aromatic N) is 1. The second-order valence-corrected chi connectivity index (χ2v) is 8.10. The zero-order chi connectivity index (χ0) is 22.2. The maximum Gasteiger partial charge on any atom is 0.333 e. The van der Waals surface area contributed by atoms with E-state index in [9.17, 15) is 9.90 Å². The number of rotatable bonds is 11. The van der Waals surface area contributed by atoms with Gasteiger partial charge in [0, 0.05) is 46.4 Å². The molecule has 1 aromatic heterocycles. The summed E-state index contributed by atoms with van der Waals surface area (Å²) in [6, 6.07) is 20.4. The molecule has 32 heavy (non-hydrogen) atoms. The van der Waals surface area contributed by atoms with Gasteiger partial charge in [-0.15, -0.1) is 11.8 Å². The van der Waals surface area contributed by atoms with E-state index in [0.29, 0.717) is 19.6 Å². The minimum absolute atomic E-state index is 0. The molecule has 0 amide bonds. The van der Waals surface area contributed by atoms with E-state index in [2.05, 4.69) is 54.1 Å². The van der Waals surface area contributed by atoms with Crippen molar-refractivity contribution < 1.29 is 36.4 Å². The average Bonchev–Trinajstić information content (AvgIpc) is 3.15. The molecule has 0 saturated carbocycles. The maximum atomic E-state index is 11.3. The molecule has 3 rings (SSSR count). The minimum atomic E-state index is -0.942. The standard InChI is InChI=1S/C25H29NO4S.Fe/c1-4-29-24(25(27)28)17-19-6-10-21(11-7-19)30-16-15-26-18(2)5-14-23(26)20-8-12-22(31-3)13-9-20;/h5-14,24H,4,15-17H2,1-3H3,(H,27,28);/t24-;/m0./s1.